The van der Waals surface area contributed by atoms with E-state index < -0.39 is 5.97 Å². The van der Waals surface area contributed by atoms with Gasteiger partial charge in [-0.2, -0.15) is 0 Å². The van der Waals surface area contributed by atoms with E-state index >= 15 is 0 Å². The SMILES string of the molecule is C=CC(=O)OCCCCCOC(=O)CC[C@@]1(C)CCc2cc(OC)c(OC)cc2[NH+]1Cc1ccc(OC)c(OC)c1. The molecule has 1 aliphatic rings. The summed E-state index contributed by atoms with van der Waals surface area (Å²) in [6.45, 7) is 6.99. The van der Waals surface area contributed by atoms with Crippen molar-refractivity contribution in [2.45, 2.75) is 64.0 Å². The molecule has 2 aromatic carbocycles. The van der Waals surface area contributed by atoms with Gasteiger partial charge in [-0.1, -0.05) is 6.58 Å². The summed E-state index contributed by atoms with van der Waals surface area (Å²) >= 11 is 0. The quantitative estimate of drug-likeness (QED) is 0.181. The molecule has 0 saturated carbocycles. The molecule has 0 bridgehead atoms. The van der Waals surface area contributed by atoms with Crippen LogP contribution >= 0.6 is 0 Å². The second-order valence-corrected chi connectivity index (χ2v) is 10.4. The lowest BCUT2D eigenvalue weighted by molar-refractivity contribution is -0.906. The van der Waals surface area contributed by atoms with Crippen molar-refractivity contribution >= 4 is 17.6 Å². The fraction of sp³-hybridized carbons (Fsp3) is 0.500. The normalized spacial score (nSPS) is 17.6. The van der Waals surface area contributed by atoms with Crippen LogP contribution in [-0.2, 0) is 32.0 Å². The Kier molecular flexibility index (Phi) is 11.9. The van der Waals surface area contributed by atoms with Gasteiger partial charge < -0.3 is 28.4 Å². The zero-order chi connectivity index (χ0) is 29.8. The molecule has 0 aliphatic carbocycles. The first-order valence-corrected chi connectivity index (χ1v) is 14.1. The Morgan fingerprint density at radius 1 is 0.878 bits per heavy atom. The number of carbonyl (C=O) groups is 2. The van der Waals surface area contributed by atoms with Crippen LogP contribution < -0.4 is 23.8 Å². The number of benzene rings is 2. The van der Waals surface area contributed by atoms with E-state index in [2.05, 4.69) is 31.7 Å². The average molecular weight is 571 g/mol. The van der Waals surface area contributed by atoms with Gasteiger partial charge in [-0.15, -0.1) is 0 Å². The Hall–Kier alpha value is -3.72. The maximum absolute atomic E-state index is 12.7. The summed E-state index contributed by atoms with van der Waals surface area (Å²) in [6, 6.07) is 10.1. The molecule has 0 amide bonds. The third-order valence-electron chi connectivity index (χ3n) is 7.78. The van der Waals surface area contributed by atoms with Crippen LogP contribution in [0.1, 0.15) is 56.6 Å². The molecule has 2 aromatic rings. The molecular formula is C32H44NO8+. The highest BCUT2D eigenvalue weighted by Gasteiger charge is 2.43. The lowest BCUT2D eigenvalue weighted by Gasteiger charge is -2.42. The summed E-state index contributed by atoms with van der Waals surface area (Å²) in [6.07, 6.45) is 6.16. The number of ether oxygens (including phenoxy) is 6. The molecule has 1 N–H and O–H groups in total. The smallest absolute Gasteiger partial charge is 0.330 e. The van der Waals surface area contributed by atoms with Gasteiger partial charge in [0, 0.05) is 36.1 Å². The van der Waals surface area contributed by atoms with E-state index in [1.165, 1.54) is 10.5 Å². The summed E-state index contributed by atoms with van der Waals surface area (Å²) in [5.74, 6) is 2.13. The highest BCUT2D eigenvalue weighted by molar-refractivity contribution is 5.81. The lowest BCUT2D eigenvalue weighted by atomic mass is 9.81. The molecule has 224 valence electrons. The van der Waals surface area contributed by atoms with Crippen LogP contribution in [0.25, 0.3) is 0 Å². The minimum atomic E-state index is -0.421. The summed E-state index contributed by atoms with van der Waals surface area (Å²) in [5.41, 5.74) is 3.20. The third-order valence-corrected chi connectivity index (χ3v) is 7.78. The number of methoxy groups -OCH3 is 4. The van der Waals surface area contributed by atoms with Gasteiger partial charge >= 0.3 is 11.9 Å². The number of nitrogens with one attached hydrogen (secondary N) is 1. The molecule has 41 heavy (non-hydrogen) atoms. The first-order chi connectivity index (χ1) is 19.8. The topological polar surface area (TPSA) is 94.0 Å². The minimum Gasteiger partial charge on any atom is -0.493 e. The van der Waals surface area contributed by atoms with E-state index in [0.717, 1.165) is 49.4 Å². The second-order valence-electron chi connectivity index (χ2n) is 10.4. The van der Waals surface area contributed by atoms with Crippen molar-refractivity contribution in [3.05, 3.63) is 54.1 Å². The third kappa shape index (κ3) is 8.39. The van der Waals surface area contributed by atoms with Gasteiger partial charge in [-0.05, 0) is 56.9 Å². The first-order valence-electron chi connectivity index (χ1n) is 14.1. The van der Waals surface area contributed by atoms with Crippen LogP contribution in [0.5, 0.6) is 23.0 Å². The fourth-order valence-electron chi connectivity index (χ4n) is 5.32. The molecule has 0 aromatic heterocycles. The van der Waals surface area contributed by atoms with Gasteiger partial charge in [0.2, 0.25) is 0 Å². The molecule has 9 nitrogen and oxygen atoms in total. The minimum absolute atomic E-state index is 0.201. The molecule has 0 radical (unpaired) electrons. The predicted molar refractivity (Wildman–Crippen MR) is 155 cm³/mol. The summed E-state index contributed by atoms with van der Waals surface area (Å²) < 4.78 is 32.7. The van der Waals surface area contributed by atoms with Crippen LogP contribution in [-0.4, -0.2) is 59.1 Å². The Morgan fingerprint density at radius 3 is 2.17 bits per heavy atom. The highest BCUT2D eigenvalue weighted by Crippen LogP contribution is 2.37. The number of esters is 2. The second kappa shape index (κ2) is 15.3. The van der Waals surface area contributed by atoms with Crippen LogP contribution in [0.15, 0.2) is 43.0 Å². The predicted octanol–water partition coefficient (Wildman–Crippen LogP) is 4.37. The van der Waals surface area contributed by atoms with Gasteiger partial charge in [0.15, 0.2) is 23.0 Å². The van der Waals surface area contributed by atoms with Crippen molar-refractivity contribution in [2.75, 3.05) is 41.7 Å². The first kappa shape index (κ1) is 31.8. The van der Waals surface area contributed by atoms with E-state index in [1.54, 1.807) is 28.4 Å². The van der Waals surface area contributed by atoms with Crippen molar-refractivity contribution in [3.63, 3.8) is 0 Å². The standard InChI is InChI=1S/C32H43NO8/c1-7-30(34)40-17-9-8-10-18-41-31(35)14-16-32(2)15-13-24-20-28(38-5)29(39-6)21-25(24)33(32)22-23-11-12-26(36-3)27(19-23)37-4/h7,11-12,19-21H,1,8-10,13-18,22H2,2-6H3/p+1/t32-/m1/s1. The molecule has 9 heteroatoms. The van der Waals surface area contributed by atoms with Gasteiger partial charge in [0.05, 0.1) is 48.1 Å². The van der Waals surface area contributed by atoms with Crippen LogP contribution in [0.3, 0.4) is 0 Å². The van der Waals surface area contributed by atoms with Gasteiger partial charge in [-0.3, -0.25) is 9.69 Å². The molecule has 3 rings (SSSR count). The number of quaternary nitrogens is 1. The number of unbranched alkanes of at least 4 members (excludes halogenated alkanes) is 2. The highest BCUT2D eigenvalue weighted by atomic mass is 16.5. The molecule has 1 unspecified atom stereocenters. The van der Waals surface area contributed by atoms with Gasteiger partial charge in [0.25, 0.3) is 0 Å². The van der Waals surface area contributed by atoms with Crippen molar-refractivity contribution < 1.29 is 42.9 Å². The molecule has 2 atom stereocenters. The zero-order valence-electron chi connectivity index (χ0n) is 25.0. The molecular weight excluding hydrogens is 526 g/mol. The molecule has 1 heterocycles. The number of aryl methyl sites for hydroxylation is 1. The van der Waals surface area contributed by atoms with Gasteiger partial charge in [0.1, 0.15) is 17.8 Å². The zero-order valence-corrected chi connectivity index (χ0v) is 25.0. The Bertz CT molecular complexity index is 1200. The summed E-state index contributed by atoms with van der Waals surface area (Å²) in [5, 5.41) is 0. The van der Waals surface area contributed by atoms with Gasteiger partial charge in [-0.25, -0.2) is 4.79 Å². The van der Waals surface area contributed by atoms with E-state index in [4.69, 9.17) is 28.4 Å². The van der Waals surface area contributed by atoms with Crippen molar-refractivity contribution in [1.82, 2.24) is 0 Å². The van der Waals surface area contributed by atoms with Crippen molar-refractivity contribution in [3.8, 4) is 23.0 Å². The number of rotatable bonds is 16. The summed E-state index contributed by atoms with van der Waals surface area (Å²) in [4.78, 5) is 25.1. The Morgan fingerprint density at radius 2 is 1.51 bits per heavy atom. The maximum Gasteiger partial charge on any atom is 0.330 e. The van der Waals surface area contributed by atoms with Crippen LogP contribution in [0, 0.1) is 0 Å². The number of fused-ring (bicyclic) bond motifs is 1. The van der Waals surface area contributed by atoms with Crippen LogP contribution in [0.2, 0.25) is 0 Å². The number of hydrogen-bond acceptors (Lipinski definition) is 8. The molecule has 0 saturated heterocycles. The largest absolute Gasteiger partial charge is 0.493 e. The van der Waals surface area contributed by atoms with Crippen molar-refractivity contribution in [2.24, 2.45) is 0 Å². The maximum atomic E-state index is 12.7. The Labute approximate surface area is 243 Å². The lowest BCUT2D eigenvalue weighted by Crippen LogP contribution is -3.15. The van der Waals surface area contributed by atoms with E-state index in [-0.39, 0.29) is 11.5 Å². The van der Waals surface area contributed by atoms with Crippen LogP contribution in [0.4, 0.5) is 5.69 Å². The van der Waals surface area contributed by atoms with E-state index in [0.29, 0.717) is 55.6 Å². The molecule has 0 spiro atoms. The fourth-order valence-corrected chi connectivity index (χ4v) is 5.32. The Balaban J connectivity index is 1.72. The average Bonchev–Trinajstić information content (AvgIpc) is 3.00. The number of carbonyl (C=O) groups excluding carboxylic acids is 2. The number of hydrogen-bond donors (Lipinski definition) is 1. The monoisotopic (exact) mass is 570 g/mol. The molecule has 0 fully saturated rings. The molecule has 1 aliphatic heterocycles. The summed E-state index contributed by atoms with van der Waals surface area (Å²) in [7, 11) is 6.55. The van der Waals surface area contributed by atoms with E-state index in [1.807, 2.05) is 12.1 Å². The van der Waals surface area contributed by atoms with E-state index in [9.17, 15) is 9.59 Å². The van der Waals surface area contributed by atoms with Crippen molar-refractivity contribution in [1.29, 1.82) is 0 Å².